The third kappa shape index (κ3) is 2.02. The van der Waals surface area contributed by atoms with Gasteiger partial charge in [-0.25, -0.2) is 0 Å². The molecule has 1 aromatic carbocycles. The quantitative estimate of drug-likeness (QED) is 0.876. The van der Waals surface area contributed by atoms with E-state index in [0.717, 1.165) is 6.07 Å². The highest BCUT2D eigenvalue weighted by atomic mass is 19.4. The highest BCUT2D eigenvalue weighted by molar-refractivity contribution is 5.85. The fourth-order valence-corrected chi connectivity index (χ4v) is 1.84. The van der Waals surface area contributed by atoms with Gasteiger partial charge in [-0.2, -0.15) is 13.2 Å². The largest absolute Gasteiger partial charge is 0.464 e. The van der Waals surface area contributed by atoms with Crippen LogP contribution in [0.15, 0.2) is 28.9 Å². The van der Waals surface area contributed by atoms with Crippen molar-refractivity contribution in [1.29, 1.82) is 0 Å². The van der Waals surface area contributed by atoms with E-state index in [0.29, 0.717) is 5.56 Å². The number of fused-ring (bicyclic) bond motifs is 1. The normalized spacial score (nSPS) is 14.2. The lowest BCUT2D eigenvalue weighted by atomic mass is 9.97. The van der Waals surface area contributed by atoms with Gasteiger partial charge in [-0.15, -0.1) is 0 Å². The molecule has 1 aromatic heterocycles. The molecule has 17 heavy (non-hydrogen) atoms. The van der Waals surface area contributed by atoms with Crippen molar-refractivity contribution in [2.24, 2.45) is 5.73 Å². The number of alkyl halides is 3. The molecule has 0 aliphatic rings. The van der Waals surface area contributed by atoms with Crippen LogP contribution in [0.5, 0.6) is 0 Å². The average Bonchev–Trinajstić information content (AvgIpc) is 2.70. The Labute approximate surface area is 96.2 Å². The molecule has 0 amide bonds. The third-order valence-corrected chi connectivity index (χ3v) is 2.82. The summed E-state index contributed by atoms with van der Waals surface area (Å²) in [5.41, 5.74) is 5.58. The van der Waals surface area contributed by atoms with Gasteiger partial charge in [0, 0.05) is 10.9 Å². The lowest BCUT2D eigenvalue weighted by Crippen LogP contribution is -2.11. The molecule has 92 valence electrons. The Balaban J connectivity index is 2.72. The van der Waals surface area contributed by atoms with Crippen molar-refractivity contribution >= 4 is 11.0 Å². The van der Waals surface area contributed by atoms with Gasteiger partial charge in [0.1, 0.15) is 5.58 Å². The summed E-state index contributed by atoms with van der Waals surface area (Å²) in [7, 11) is 0. The summed E-state index contributed by atoms with van der Waals surface area (Å²) in [5, 5.41) is 0.123. The van der Waals surface area contributed by atoms with E-state index in [-0.39, 0.29) is 23.4 Å². The number of rotatable bonds is 2. The fraction of sp³-hybridized carbons (Fsp3) is 0.333. The van der Waals surface area contributed by atoms with E-state index in [1.54, 1.807) is 6.92 Å². The predicted octanol–water partition coefficient (Wildman–Crippen LogP) is 3.51. The maximum absolute atomic E-state index is 12.9. The molecule has 2 N–H and O–H groups in total. The highest BCUT2D eigenvalue weighted by Gasteiger charge is 2.34. The Kier molecular flexibility index (Phi) is 2.87. The smallest absolute Gasteiger partial charge is 0.417 e. The van der Waals surface area contributed by atoms with Crippen LogP contribution in [0, 0.1) is 0 Å². The summed E-state index contributed by atoms with van der Waals surface area (Å²) in [4.78, 5) is 0. The van der Waals surface area contributed by atoms with Crippen molar-refractivity contribution in [2.45, 2.75) is 19.0 Å². The van der Waals surface area contributed by atoms with Crippen LogP contribution in [0.25, 0.3) is 11.0 Å². The molecule has 0 aliphatic carbocycles. The zero-order valence-corrected chi connectivity index (χ0v) is 9.21. The summed E-state index contributed by atoms with van der Waals surface area (Å²) >= 11 is 0. The van der Waals surface area contributed by atoms with Gasteiger partial charge in [0.05, 0.1) is 11.8 Å². The van der Waals surface area contributed by atoms with Crippen LogP contribution in [0.1, 0.15) is 24.0 Å². The lowest BCUT2D eigenvalue weighted by Gasteiger charge is -2.11. The van der Waals surface area contributed by atoms with Gasteiger partial charge in [-0.1, -0.05) is 13.0 Å². The van der Waals surface area contributed by atoms with Gasteiger partial charge in [0.15, 0.2) is 0 Å². The van der Waals surface area contributed by atoms with Gasteiger partial charge >= 0.3 is 6.18 Å². The van der Waals surface area contributed by atoms with Crippen LogP contribution in [0.4, 0.5) is 13.2 Å². The van der Waals surface area contributed by atoms with Crippen molar-refractivity contribution in [3.8, 4) is 0 Å². The molecule has 2 aromatic rings. The Morgan fingerprint density at radius 2 is 2.06 bits per heavy atom. The minimum absolute atomic E-state index is 0.123. The molecule has 1 unspecified atom stereocenters. The second-order valence-electron chi connectivity index (χ2n) is 4.00. The van der Waals surface area contributed by atoms with E-state index < -0.39 is 11.7 Å². The van der Waals surface area contributed by atoms with Crippen LogP contribution in [0.3, 0.4) is 0 Å². The second kappa shape index (κ2) is 4.07. The zero-order chi connectivity index (χ0) is 12.6. The summed E-state index contributed by atoms with van der Waals surface area (Å²) in [6, 6.07) is 3.92. The summed E-state index contributed by atoms with van der Waals surface area (Å²) in [5.74, 6) is -0.167. The maximum Gasteiger partial charge on any atom is 0.417 e. The van der Waals surface area contributed by atoms with Crippen LogP contribution in [0.2, 0.25) is 0 Å². The Morgan fingerprint density at radius 3 is 2.65 bits per heavy atom. The number of hydrogen-bond donors (Lipinski definition) is 1. The second-order valence-corrected chi connectivity index (χ2v) is 4.00. The Bertz CT molecular complexity index is 530. The lowest BCUT2D eigenvalue weighted by molar-refractivity contribution is -0.136. The molecule has 0 radical (unpaired) electrons. The molecule has 0 aliphatic heterocycles. The third-order valence-electron chi connectivity index (χ3n) is 2.82. The van der Waals surface area contributed by atoms with Crippen molar-refractivity contribution in [3.63, 3.8) is 0 Å². The molecular formula is C12H12F3NO. The van der Waals surface area contributed by atoms with E-state index >= 15 is 0 Å². The van der Waals surface area contributed by atoms with E-state index in [4.69, 9.17) is 10.2 Å². The molecule has 0 fully saturated rings. The highest BCUT2D eigenvalue weighted by Crippen LogP contribution is 2.38. The van der Waals surface area contributed by atoms with Crippen LogP contribution >= 0.6 is 0 Å². The van der Waals surface area contributed by atoms with Gasteiger partial charge in [-0.05, 0) is 24.6 Å². The predicted molar refractivity (Wildman–Crippen MR) is 58.7 cm³/mol. The Hall–Kier alpha value is -1.49. The van der Waals surface area contributed by atoms with Gasteiger partial charge in [-0.3, -0.25) is 0 Å². The molecule has 1 atom stereocenters. The fourth-order valence-electron chi connectivity index (χ4n) is 1.84. The van der Waals surface area contributed by atoms with Crippen molar-refractivity contribution in [2.75, 3.05) is 6.54 Å². The molecule has 0 bridgehead atoms. The maximum atomic E-state index is 12.9. The topological polar surface area (TPSA) is 39.2 Å². The van der Waals surface area contributed by atoms with Gasteiger partial charge in [0.2, 0.25) is 0 Å². The number of halogens is 3. The van der Waals surface area contributed by atoms with Gasteiger partial charge in [0.25, 0.3) is 0 Å². The van der Waals surface area contributed by atoms with Crippen LogP contribution in [-0.4, -0.2) is 6.54 Å². The minimum Gasteiger partial charge on any atom is -0.464 e. The molecule has 0 saturated heterocycles. The van der Waals surface area contributed by atoms with E-state index in [2.05, 4.69) is 0 Å². The first-order valence-electron chi connectivity index (χ1n) is 5.22. The number of hydrogen-bond acceptors (Lipinski definition) is 2. The van der Waals surface area contributed by atoms with E-state index in [1.165, 1.54) is 18.4 Å². The summed E-state index contributed by atoms with van der Waals surface area (Å²) < 4.78 is 43.8. The zero-order valence-electron chi connectivity index (χ0n) is 9.21. The number of benzene rings is 1. The number of nitrogens with two attached hydrogens (primary N) is 1. The van der Waals surface area contributed by atoms with E-state index in [9.17, 15) is 13.2 Å². The monoisotopic (exact) mass is 243 g/mol. The molecule has 1 heterocycles. The van der Waals surface area contributed by atoms with Crippen molar-refractivity contribution < 1.29 is 17.6 Å². The molecule has 0 spiro atoms. The first kappa shape index (κ1) is 12.0. The van der Waals surface area contributed by atoms with Crippen LogP contribution in [-0.2, 0) is 6.18 Å². The molecular weight excluding hydrogens is 231 g/mol. The standard InChI is InChI=1S/C12H12F3NO/c1-7(5-16)8-6-17-10-4-2-3-9(11(8)10)12(13,14)15/h2-4,6-7H,5,16H2,1H3. The van der Waals surface area contributed by atoms with Crippen molar-refractivity contribution in [1.82, 2.24) is 0 Å². The average molecular weight is 243 g/mol. The van der Waals surface area contributed by atoms with Gasteiger partial charge < -0.3 is 10.2 Å². The summed E-state index contributed by atoms with van der Waals surface area (Å²) in [6.07, 6.45) is -3.02. The Morgan fingerprint density at radius 1 is 1.35 bits per heavy atom. The molecule has 2 rings (SSSR count). The molecule has 0 saturated carbocycles. The SMILES string of the molecule is CC(CN)c1coc2cccc(C(F)(F)F)c12. The number of furan rings is 1. The van der Waals surface area contributed by atoms with E-state index in [1.807, 2.05) is 0 Å². The molecule has 5 heteroatoms. The van der Waals surface area contributed by atoms with Crippen molar-refractivity contribution in [3.05, 3.63) is 35.6 Å². The van der Waals surface area contributed by atoms with Crippen LogP contribution < -0.4 is 5.73 Å². The minimum atomic E-state index is -4.38. The first-order valence-corrected chi connectivity index (χ1v) is 5.22. The first-order chi connectivity index (χ1) is 7.95. The molecule has 2 nitrogen and oxygen atoms in total. The summed E-state index contributed by atoms with van der Waals surface area (Å²) in [6.45, 7) is 2.05.